The summed E-state index contributed by atoms with van der Waals surface area (Å²) in [7, 11) is 0. The SMILES string of the molecule is Fc1ccc(-c2cc3c(=Nc4ccc(C(F)(F)F)cc4)n4c(nc3o2)CCCC4)cc1. The van der Waals surface area contributed by atoms with E-state index in [-0.39, 0.29) is 5.82 Å². The summed E-state index contributed by atoms with van der Waals surface area (Å²) >= 11 is 0. The fourth-order valence-corrected chi connectivity index (χ4v) is 3.77. The molecule has 31 heavy (non-hydrogen) atoms. The molecular formula is C23H17F4N3O. The zero-order valence-electron chi connectivity index (χ0n) is 16.3. The molecule has 0 amide bonds. The molecule has 0 bridgehead atoms. The van der Waals surface area contributed by atoms with E-state index in [0.29, 0.717) is 33.6 Å². The van der Waals surface area contributed by atoms with Crippen molar-refractivity contribution in [3.8, 4) is 11.3 Å². The van der Waals surface area contributed by atoms with Crippen LogP contribution in [-0.4, -0.2) is 9.55 Å². The highest BCUT2D eigenvalue weighted by atomic mass is 19.4. The van der Waals surface area contributed by atoms with Crippen LogP contribution < -0.4 is 5.49 Å². The van der Waals surface area contributed by atoms with Crippen LogP contribution in [0.25, 0.3) is 22.4 Å². The number of benzene rings is 2. The van der Waals surface area contributed by atoms with Crippen LogP contribution in [0.15, 0.2) is 64.0 Å². The Morgan fingerprint density at radius 1 is 0.968 bits per heavy atom. The predicted molar refractivity (Wildman–Crippen MR) is 107 cm³/mol. The number of hydrogen-bond acceptors (Lipinski definition) is 3. The Hall–Kier alpha value is -3.42. The molecule has 2 aromatic heterocycles. The lowest BCUT2D eigenvalue weighted by atomic mass is 10.1. The number of aryl methyl sites for hydroxylation is 1. The van der Waals surface area contributed by atoms with Crippen LogP contribution in [0.3, 0.4) is 0 Å². The van der Waals surface area contributed by atoms with Crippen LogP contribution in [0.4, 0.5) is 23.2 Å². The molecule has 0 saturated carbocycles. The summed E-state index contributed by atoms with van der Waals surface area (Å²) in [6.07, 6.45) is -1.68. The van der Waals surface area contributed by atoms with Crippen LogP contribution >= 0.6 is 0 Å². The largest absolute Gasteiger partial charge is 0.438 e. The van der Waals surface area contributed by atoms with E-state index in [1.54, 1.807) is 18.2 Å². The molecule has 5 rings (SSSR count). The first-order chi connectivity index (χ1) is 14.9. The molecule has 158 valence electrons. The standard InChI is InChI=1S/C23H17F4N3O/c24-16-8-4-14(5-9-16)19-13-18-21(28-17-10-6-15(7-11-17)23(25,26)27)30-12-2-1-3-20(30)29-22(18)31-19/h4-11,13H,1-3,12H2. The monoisotopic (exact) mass is 427 g/mol. The molecule has 2 aromatic carbocycles. The minimum Gasteiger partial charge on any atom is -0.438 e. The summed E-state index contributed by atoms with van der Waals surface area (Å²) in [5.74, 6) is 1.00. The quantitative estimate of drug-likeness (QED) is 0.367. The maximum atomic E-state index is 13.3. The average molecular weight is 427 g/mol. The van der Waals surface area contributed by atoms with Gasteiger partial charge in [0.1, 0.15) is 22.9 Å². The van der Waals surface area contributed by atoms with Crippen LogP contribution in [0.1, 0.15) is 24.2 Å². The molecule has 4 nitrogen and oxygen atoms in total. The van der Waals surface area contributed by atoms with E-state index >= 15 is 0 Å². The highest BCUT2D eigenvalue weighted by Crippen LogP contribution is 2.31. The van der Waals surface area contributed by atoms with E-state index in [2.05, 4.69) is 9.98 Å². The van der Waals surface area contributed by atoms with Gasteiger partial charge in [0.15, 0.2) is 0 Å². The van der Waals surface area contributed by atoms with Crippen molar-refractivity contribution >= 4 is 16.8 Å². The van der Waals surface area contributed by atoms with Crippen molar-refractivity contribution in [2.45, 2.75) is 32.0 Å². The predicted octanol–water partition coefficient (Wildman–Crippen LogP) is 6.02. The zero-order valence-corrected chi connectivity index (χ0v) is 16.3. The van der Waals surface area contributed by atoms with Crippen molar-refractivity contribution < 1.29 is 22.0 Å². The van der Waals surface area contributed by atoms with Crippen molar-refractivity contribution in [2.24, 2.45) is 4.99 Å². The van der Waals surface area contributed by atoms with Gasteiger partial charge in [-0.3, -0.25) is 0 Å². The molecule has 4 aromatic rings. The van der Waals surface area contributed by atoms with Gasteiger partial charge < -0.3 is 8.98 Å². The van der Waals surface area contributed by atoms with E-state index in [1.165, 1.54) is 24.3 Å². The van der Waals surface area contributed by atoms with E-state index in [1.807, 2.05) is 4.57 Å². The molecule has 0 atom stereocenters. The summed E-state index contributed by atoms with van der Waals surface area (Å²) in [6, 6.07) is 12.5. The third-order valence-electron chi connectivity index (χ3n) is 5.34. The molecule has 0 unspecified atom stereocenters. The minimum absolute atomic E-state index is 0.345. The number of alkyl halides is 3. The molecule has 3 heterocycles. The Labute approximate surface area is 174 Å². The van der Waals surface area contributed by atoms with Crippen LogP contribution in [0.5, 0.6) is 0 Å². The van der Waals surface area contributed by atoms with Gasteiger partial charge in [-0.15, -0.1) is 0 Å². The van der Waals surface area contributed by atoms with Crippen molar-refractivity contribution in [1.82, 2.24) is 9.55 Å². The summed E-state index contributed by atoms with van der Waals surface area (Å²) < 4.78 is 59.9. The van der Waals surface area contributed by atoms with Crippen molar-refractivity contribution in [1.29, 1.82) is 0 Å². The normalized spacial score (nSPS) is 14.8. The first-order valence-electron chi connectivity index (χ1n) is 9.90. The van der Waals surface area contributed by atoms with Crippen LogP contribution in [0.2, 0.25) is 0 Å². The van der Waals surface area contributed by atoms with E-state index in [9.17, 15) is 17.6 Å². The second-order valence-electron chi connectivity index (χ2n) is 7.45. The average Bonchev–Trinajstić information content (AvgIpc) is 3.18. The summed E-state index contributed by atoms with van der Waals surface area (Å²) in [5, 5.41) is 0.657. The van der Waals surface area contributed by atoms with Crippen molar-refractivity contribution in [3.63, 3.8) is 0 Å². The maximum absolute atomic E-state index is 13.3. The Morgan fingerprint density at radius 2 is 1.71 bits per heavy atom. The second-order valence-corrected chi connectivity index (χ2v) is 7.45. The molecule has 0 saturated heterocycles. The van der Waals surface area contributed by atoms with Gasteiger partial charge in [0.25, 0.3) is 0 Å². The minimum atomic E-state index is -4.40. The third-order valence-corrected chi connectivity index (χ3v) is 5.34. The smallest absolute Gasteiger partial charge is 0.416 e. The molecule has 8 heteroatoms. The number of halogens is 4. The van der Waals surface area contributed by atoms with E-state index < -0.39 is 11.7 Å². The summed E-state index contributed by atoms with van der Waals surface area (Å²) in [5.41, 5.74) is 1.38. The van der Waals surface area contributed by atoms with E-state index in [4.69, 9.17) is 4.42 Å². The molecule has 0 fully saturated rings. The lowest BCUT2D eigenvalue weighted by Gasteiger charge is -2.18. The number of furan rings is 1. The molecule has 0 spiro atoms. The fourth-order valence-electron chi connectivity index (χ4n) is 3.77. The first kappa shape index (κ1) is 19.5. The number of hydrogen-bond donors (Lipinski definition) is 0. The van der Waals surface area contributed by atoms with Crippen LogP contribution in [0, 0.1) is 5.82 Å². The van der Waals surface area contributed by atoms with Gasteiger partial charge in [-0.05, 0) is 67.4 Å². The van der Waals surface area contributed by atoms with Crippen molar-refractivity contribution in [2.75, 3.05) is 0 Å². The number of nitrogens with zero attached hydrogens (tertiary/aromatic N) is 3. The number of aromatic nitrogens is 2. The Balaban J connectivity index is 1.70. The van der Waals surface area contributed by atoms with Gasteiger partial charge in [-0.25, -0.2) is 9.38 Å². The zero-order chi connectivity index (χ0) is 21.6. The molecule has 1 aliphatic rings. The van der Waals surface area contributed by atoms with Crippen molar-refractivity contribution in [3.05, 3.63) is 77.3 Å². The number of fused-ring (bicyclic) bond motifs is 2. The van der Waals surface area contributed by atoms with Gasteiger partial charge >= 0.3 is 6.18 Å². The Bertz CT molecular complexity index is 1320. The second kappa shape index (κ2) is 7.37. The lowest BCUT2D eigenvalue weighted by Crippen LogP contribution is -2.28. The highest BCUT2D eigenvalue weighted by Gasteiger charge is 2.30. The molecule has 0 N–H and O–H groups in total. The van der Waals surface area contributed by atoms with Gasteiger partial charge in [-0.2, -0.15) is 18.2 Å². The maximum Gasteiger partial charge on any atom is 0.416 e. The van der Waals surface area contributed by atoms with Crippen LogP contribution in [-0.2, 0) is 19.1 Å². The number of rotatable bonds is 2. The Kier molecular flexibility index (Phi) is 4.64. The highest BCUT2D eigenvalue weighted by molar-refractivity contribution is 5.79. The molecular weight excluding hydrogens is 410 g/mol. The third kappa shape index (κ3) is 3.73. The van der Waals surface area contributed by atoms with Gasteiger partial charge in [0.05, 0.1) is 16.6 Å². The lowest BCUT2D eigenvalue weighted by molar-refractivity contribution is -0.137. The van der Waals surface area contributed by atoms with Gasteiger partial charge in [-0.1, -0.05) is 0 Å². The Morgan fingerprint density at radius 3 is 2.42 bits per heavy atom. The van der Waals surface area contributed by atoms with Gasteiger partial charge in [0.2, 0.25) is 5.71 Å². The summed E-state index contributed by atoms with van der Waals surface area (Å²) in [4.78, 5) is 9.30. The first-order valence-corrected chi connectivity index (χ1v) is 9.90. The fraction of sp³-hybridized carbons (Fsp3) is 0.217. The summed E-state index contributed by atoms with van der Waals surface area (Å²) in [6.45, 7) is 0.717. The van der Waals surface area contributed by atoms with E-state index in [0.717, 1.165) is 43.8 Å². The topological polar surface area (TPSA) is 43.3 Å². The molecule has 1 aliphatic heterocycles. The molecule has 0 aliphatic carbocycles. The molecule has 0 radical (unpaired) electrons. The van der Waals surface area contributed by atoms with Gasteiger partial charge in [0, 0.05) is 18.5 Å².